The van der Waals surface area contributed by atoms with Gasteiger partial charge in [-0.2, -0.15) is 0 Å². The Morgan fingerprint density at radius 3 is 2.39 bits per heavy atom. The SMILES string of the molecule is O=C(NCCc1ccc(O)c(O)c1)C(O)(O)Oc1ccccc1. The standard InChI is InChI=1S/C16H17NO6/c18-13-7-6-11(10-14(13)19)8-9-17-15(20)16(21,22)23-12-4-2-1-3-5-12/h1-7,10,18-19,21-22H,8-9H2,(H,17,20). The van der Waals surface area contributed by atoms with Crippen LogP contribution in [0.2, 0.25) is 0 Å². The zero-order chi connectivity index (χ0) is 16.9. The summed E-state index contributed by atoms with van der Waals surface area (Å²) in [6, 6.07) is 12.2. The summed E-state index contributed by atoms with van der Waals surface area (Å²) < 4.78 is 4.83. The molecule has 1 amide bonds. The number of amides is 1. The van der Waals surface area contributed by atoms with Crippen LogP contribution in [-0.2, 0) is 11.2 Å². The van der Waals surface area contributed by atoms with Crippen molar-refractivity contribution in [1.82, 2.24) is 5.32 Å². The Morgan fingerprint density at radius 2 is 1.74 bits per heavy atom. The van der Waals surface area contributed by atoms with E-state index in [4.69, 9.17) is 4.74 Å². The summed E-state index contributed by atoms with van der Waals surface area (Å²) in [5.41, 5.74) is 0.658. The first-order chi connectivity index (χ1) is 10.9. The molecule has 0 heterocycles. The fraction of sp³-hybridized carbons (Fsp3) is 0.188. The van der Waals surface area contributed by atoms with Crippen LogP contribution in [0.1, 0.15) is 5.56 Å². The minimum atomic E-state index is -2.99. The Hall–Kier alpha value is -2.77. The topological polar surface area (TPSA) is 119 Å². The van der Waals surface area contributed by atoms with E-state index in [1.54, 1.807) is 24.3 Å². The highest BCUT2D eigenvalue weighted by molar-refractivity contribution is 5.81. The smallest absolute Gasteiger partial charge is 0.407 e. The molecule has 122 valence electrons. The molecule has 0 saturated heterocycles. The van der Waals surface area contributed by atoms with Gasteiger partial charge in [-0.15, -0.1) is 0 Å². The lowest BCUT2D eigenvalue weighted by atomic mass is 10.1. The molecule has 0 unspecified atom stereocenters. The van der Waals surface area contributed by atoms with E-state index in [-0.39, 0.29) is 23.8 Å². The van der Waals surface area contributed by atoms with Crippen LogP contribution in [0.25, 0.3) is 0 Å². The van der Waals surface area contributed by atoms with Crippen molar-refractivity contribution >= 4 is 5.91 Å². The van der Waals surface area contributed by atoms with Crippen LogP contribution in [0.3, 0.4) is 0 Å². The maximum atomic E-state index is 11.8. The molecule has 2 rings (SSSR count). The number of hydrogen-bond acceptors (Lipinski definition) is 6. The quantitative estimate of drug-likeness (QED) is 0.390. The Labute approximate surface area is 132 Å². The fourth-order valence-electron chi connectivity index (χ4n) is 1.86. The van der Waals surface area contributed by atoms with E-state index in [1.807, 2.05) is 0 Å². The number of aliphatic hydroxyl groups is 2. The van der Waals surface area contributed by atoms with E-state index < -0.39 is 11.9 Å². The third kappa shape index (κ3) is 4.60. The molecule has 0 radical (unpaired) electrons. The summed E-state index contributed by atoms with van der Waals surface area (Å²) in [4.78, 5) is 11.8. The van der Waals surface area contributed by atoms with Gasteiger partial charge in [0.25, 0.3) is 0 Å². The summed E-state index contributed by atoms with van der Waals surface area (Å²) in [6.45, 7) is 0.0874. The molecule has 0 saturated carbocycles. The zero-order valence-electron chi connectivity index (χ0n) is 12.1. The molecule has 7 heteroatoms. The highest BCUT2D eigenvalue weighted by atomic mass is 16.8. The molecule has 5 N–H and O–H groups in total. The van der Waals surface area contributed by atoms with Gasteiger partial charge in [0.15, 0.2) is 11.5 Å². The summed E-state index contributed by atoms with van der Waals surface area (Å²) >= 11 is 0. The van der Waals surface area contributed by atoms with Crippen LogP contribution in [0, 0.1) is 0 Å². The highest BCUT2D eigenvalue weighted by Crippen LogP contribution is 2.24. The normalized spacial score (nSPS) is 11.0. The lowest BCUT2D eigenvalue weighted by Crippen LogP contribution is -2.51. The number of nitrogens with one attached hydrogen (secondary N) is 1. The molecule has 2 aromatic carbocycles. The van der Waals surface area contributed by atoms with Gasteiger partial charge >= 0.3 is 11.9 Å². The van der Waals surface area contributed by atoms with Crippen LogP contribution in [0.15, 0.2) is 48.5 Å². The van der Waals surface area contributed by atoms with E-state index in [0.29, 0.717) is 12.0 Å². The van der Waals surface area contributed by atoms with E-state index >= 15 is 0 Å². The van der Waals surface area contributed by atoms with Crippen molar-refractivity contribution in [3.8, 4) is 17.2 Å². The molecule has 7 nitrogen and oxygen atoms in total. The first-order valence-corrected chi connectivity index (χ1v) is 6.86. The van der Waals surface area contributed by atoms with Gasteiger partial charge in [-0.05, 0) is 36.2 Å². The molecule has 23 heavy (non-hydrogen) atoms. The number of aromatic hydroxyl groups is 2. The van der Waals surface area contributed by atoms with Crippen molar-refractivity contribution in [2.75, 3.05) is 6.54 Å². The van der Waals surface area contributed by atoms with Gasteiger partial charge in [0, 0.05) is 6.54 Å². The number of ether oxygens (including phenoxy) is 1. The van der Waals surface area contributed by atoms with E-state index in [0.717, 1.165) is 0 Å². The molecule has 0 atom stereocenters. The Bertz CT molecular complexity index is 672. The van der Waals surface area contributed by atoms with Crippen molar-refractivity contribution < 1.29 is 30.0 Å². The molecule has 0 fully saturated rings. The van der Waals surface area contributed by atoms with Crippen molar-refractivity contribution in [2.45, 2.75) is 12.4 Å². The van der Waals surface area contributed by atoms with Gasteiger partial charge in [-0.3, -0.25) is 4.79 Å². The molecular weight excluding hydrogens is 302 g/mol. The Morgan fingerprint density at radius 1 is 1.04 bits per heavy atom. The minimum Gasteiger partial charge on any atom is -0.504 e. The maximum Gasteiger partial charge on any atom is 0.407 e. The number of benzene rings is 2. The molecule has 0 spiro atoms. The van der Waals surface area contributed by atoms with Gasteiger partial charge in [0.2, 0.25) is 0 Å². The van der Waals surface area contributed by atoms with Gasteiger partial charge in [-0.25, -0.2) is 0 Å². The van der Waals surface area contributed by atoms with Gasteiger partial charge in [0.1, 0.15) is 5.75 Å². The Kier molecular flexibility index (Phi) is 5.05. The van der Waals surface area contributed by atoms with Gasteiger partial charge in [0.05, 0.1) is 0 Å². The second kappa shape index (κ2) is 6.99. The molecule has 0 aliphatic carbocycles. The average Bonchev–Trinajstić information content (AvgIpc) is 2.51. The third-order valence-electron chi connectivity index (χ3n) is 3.04. The van der Waals surface area contributed by atoms with Crippen molar-refractivity contribution in [3.63, 3.8) is 0 Å². The number of rotatable bonds is 6. The van der Waals surface area contributed by atoms with Crippen LogP contribution >= 0.6 is 0 Å². The van der Waals surface area contributed by atoms with E-state index in [2.05, 4.69) is 5.32 Å². The number of para-hydroxylation sites is 1. The molecule has 2 aromatic rings. The van der Waals surface area contributed by atoms with Crippen LogP contribution in [-0.4, -0.2) is 38.9 Å². The predicted octanol–water partition coefficient (Wildman–Crippen LogP) is 0.474. The van der Waals surface area contributed by atoms with Crippen molar-refractivity contribution in [1.29, 1.82) is 0 Å². The second-order valence-corrected chi connectivity index (χ2v) is 4.85. The average molecular weight is 319 g/mol. The van der Waals surface area contributed by atoms with Crippen molar-refractivity contribution in [3.05, 3.63) is 54.1 Å². The lowest BCUT2D eigenvalue weighted by molar-refractivity contribution is -0.272. The van der Waals surface area contributed by atoms with Crippen molar-refractivity contribution in [2.24, 2.45) is 0 Å². The lowest BCUT2D eigenvalue weighted by Gasteiger charge is -2.21. The van der Waals surface area contributed by atoms with Crippen LogP contribution < -0.4 is 10.1 Å². The first kappa shape index (κ1) is 16.6. The minimum absolute atomic E-state index is 0.0874. The van der Waals surface area contributed by atoms with Crippen LogP contribution in [0.5, 0.6) is 17.2 Å². The number of hydrogen-bond donors (Lipinski definition) is 5. The second-order valence-electron chi connectivity index (χ2n) is 4.85. The van der Waals surface area contributed by atoms with E-state index in [9.17, 15) is 25.2 Å². The monoisotopic (exact) mass is 319 g/mol. The number of carbonyl (C=O) groups is 1. The Balaban J connectivity index is 1.87. The molecule has 0 bridgehead atoms. The molecular formula is C16H17NO6. The summed E-state index contributed by atoms with van der Waals surface area (Å²) in [7, 11) is 0. The maximum absolute atomic E-state index is 11.8. The third-order valence-corrected chi connectivity index (χ3v) is 3.04. The fourth-order valence-corrected chi connectivity index (χ4v) is 1.86. The highest BCUT2D eigenvalue weighted by Gasteiger charge is 2.36. The predicted molar refractivity (Wildman–Crippen MR) is 80.7 cm³/mol. The first-order valence-electron chi connectivity index (χ1n) is 6.86. The van der Waals surface area contributed by atoms with Gasteiger partial charge in [-0.1, -0.05) is 24.3 Å². The number of phenolic OH excluding ortho intramolecular Hbond substituents is 2. The number of phenols is 2. The molecule has 0 aliphatic rings. The molecule has 0 aliphatic heterocycles. The van der Waals surface area contributed by atoms with E-state index in [1.165, 1.54) is 24.3 Å². The summed E-state index contributed by atoms with van der Waals surface area (Å²) in [5.74, 6) is -4.46. The zero-order valence-corrected chi connectivity index (χ0v) is 12.1. The van der Waals surface area contributed by atoms with Gasteiger partial charge < -0.3 is 30.5 Å². The largest absolute Gasteiger partial charge is 0.504 e. The summed E-state index contributed by atoms with van der Waals surface area (Å²) in [5, 5.41) is 40.2. The van der Waals surface area contributed by atoms with Crippen LogP contribution in [0.4, 0.5) is 0 Å². The number of carbonyl (C=O) groups excluding carboxylic acids is 1. The summed E-state index contributed by atoms with van der Waals surface area (Å²) in [6.07, 6.45) is 0.320. The molecule has 0 aromatic heterocycles.